The second-order valence-electron chi connectivity index (χ2n) is 3.80. The van der Waals surface area contributed by atoms with Gasteiger partial charge in [0.05, 0.1) is 12.2 Å². The minimum Gasteiger partial charge on any atom is -0.250 e. The van der Waals surface area contributed by atoms with E-state index in [2.05, 4.69) is 17.2 Å². The summed E-state index contributed by atoms with van der Waals surface area (Å²) in [6.07, 6.45) is 8.95. The van der Waals surface area contributed by atoms with Gasteiger partial charge in [-0.1, -0.05) is 26.0 Å². The maximum absolute atomic E-state index is 4.03. The lowest BCUT2D eigenvalue weighted by atomic mass is 9.87. The van der Waals surface area contributed by atoms with Crippen molar-refractivity contribution < 1.29 is 0 Å². The van der Waals surface area contributed by atoms with Crippen LogP contribution < -0.4 is 0 Å². The first-order valence-electron chi connectivity index (χ1n) is 5.72. The van der Waals surface area contributed by atoms with Crippen LogP contribution in [-0.4, -0.2) is 15.0 Å². The van der Waals surface area contributed by atoms with E-state index in [0.29, 0.717) is 6.04 Å². The lowest BCUT2D eigenvalue weighted by Crippen LogP contribution is -2.17. The Bertz CT molecular complexity index is 223. The van der Waals surface area contributed by atoms with Crippen molar-refractivity contribution >= 4 is 0 Å². The molecule has 0 atom stereocenters. The van der Waals surface area contributed by atoms with Gasteiger partial charge in [0.25, 0.3) is 0 Å². The summed E-state index contributed by atoms with van der Waals surface area (Å²) in [5, 5.41) is 7.86. The molecule has 0 aliphatic heterocycles. The third-order valence-electron chi connectivity index (χ3n) is 2.80. The fourth-order valence-electron chi connectivity index (χ4n) is 1.92. The number of hydrogen-bond acceptors (Lipinski definition) is 2. The molecule has 0 unspecified atom stereocenters. The van der Waals surface area contributed by atoms with Crippen molar-refractivity contribution in [1.29, 1.82) is 0 Å². The van der Waals surface area contributed by atoms with E-state index in [0.717, 1.165) is 5.92 Å². The Hall–Kier alpha value is -0.860. The van der Waals surface area contributed by atoms with E-state index in [1.54, 1.807) is 6.20 Å². The molecule has 3 heteroatoms. The molecule has 1 heterocycles. The maximum atomic E-state index is 4.03. The summed E-state index contributed by atoms with van der Waals surface area (Å²) in [7, 11) is 0. The Labute approximate surface area is 86.5 Å². The standard InChI is InChI=1S/C9H15N3.C2H6/c1-8-2-4-9(5-3-8)12-7-6-10-11-12;1-2/h6-9H,2-5H2,1H3;1-2H3. The Morgan fingerprint density at radius 2 is 1.79 bits per heavy atom. The number of rotatable bonds is 1. The van der Waals surface area contributed by atoms with Crippen LogP contribution in [0.25, 0.3) is 0 Å². The van der Waals surface area contributed by atoms with Crippen LogP contribution in [0.2, 0.25) is 0 Å². The molecule has 14 heavy (non-hydrogen) atoms. The van der Waals surface area contributed by atoms with E-state index < -0.39 is 0 Å². The van der Waals surface area contributed by atoms with Gasteiger partial charge in [0.1, 0.15) is 0 Å². The predicted molar refractivity (Wildman–Crippen MR) is 58.0 cm³/mol. The molecule has 1 aliphatic rings. The van der Waals surface area contributed by atoms with Crippen LogP contribution >= 0.6 is 0 Å². The quantitative estimate of drug-likeness (QED) is 0.689. The second-order valence-corrected chi connectivity index (χ2v) is 3.80. The van der Waals surface area contributed by atoms with E-state index >= 15 is 0 Å². The van der Waals surface area contributed by atoms with Crippen LogP contribution in [0.15, 0.2) is 12.4 Å². The van der Waals surface area contributed by atoms with Gasteiger partial charge in [0.2, 0.25) is 0 Å². The number of aromatic nitrogens is 3. The van der Waals surface area contributed by atoms with E-state index in [-0.39, 0.29) is 0 Å². The molecule has 1 aliphatic carbocycles. The number of nitrogens with zero attached hydrogens (tertiary/aromatic N) is 3. The predicted octanol–water partition coefficient (Wildman–Crippen LogP) is 3.06. The van der Waals surface area contributed by atoms with Crippen molar-refractivity contribution in [3.63, 3.8) is 0 Å². The SMILES string of the molecule is CC.CC1CCC(n2ccnn2)CC1. The van der Waals surface area contributed by atoms with Crippen LogP contribution in [0.5, 0.6) is 0 Å². The lowest BCUT2D eigenvalue weighted by molar-refractivity contribution is 0.270. The van der Waals surface area contributed by atoms with Crippen LogP contribution in [0.4, 0.5) is 0 Å². The summed E-state index contributed by atoms with van der Waals surface area (Å²) in [6, 6.07) is 0.615. The van der Waals surface area contributed by atoms with Gasteiger partial charge in [-0.15, -0.1) is 5.10 Å². The average Bonchev–Trinajstić information content (AvgIpc) is 2.75. The zero-order valence-corrected chi connectivity index (χ0v) is 9.48. The average molecular weight is 195 g/mol. The van der Waals surface area contributed by atoms with Gasteiger partial charge in [-0.05, 0) is 31.6 Å². The van der Waals surface area contributed by atoms with Gasteiger partial charge in [-0.25, -0.2) is 4.68 Å². The molecular formula is C11H21N3. The Kier molecular flexibility index (Phi) is 4.63. The molecule has 0 bridgehead atoms. The molecule has 2 rings (SSSR count). The first kappa shape index (κ1) is 11.2. The van der Waals surface area contributed by atoms with Crippen molar-refractivity contribution in [2.24, 2.45) is 5.92 Å². The molecule has 1 saturated carbocycles. The van der Waals surface area contributed by atoms with Crippen LogP contribution in [0.1, 0.15) is 52.5 Å². The van der Waals surface area contributed by atoms with Crippen molar-refractivity contribution in [2.75, 3.05) is 0 Å². The molecule has 0 aromatic carbocycles. The number of hydrogen-bond donors (Lipinski definition) is 0. The maximum Gasteiger partial charge on any atom is 0.0693 e. The van der Waals surface area contributed by atoms with Crippen molar-refractivity contribution in [2.45, 2.75) is 52.5 Å². The highest BCUT2D eigenvalue weighted by molar-refractivity contribution is 4.77. The third-order valence-corrected chi connectivity index (χ3v) is 2.80. The Morgan fingerprint density at radius 1 is 1.14 bits per heavy atom. The minimum atomic E-state index is 0.615. The van der Waals surface area contributed by atoms with Crippen molar-refractivity contribution in [3.8, 4) is 0 Å². The van der Waals surface area contributed by atoms with Crippen molar-refractivity contribution in [3.05, 3.63) is 12.4 Å². The largest absolute Gasteiger partial charge is 0.250 e. The molecule has 1 aromatic rings. The Balaban J connectivity index is 0.000000461. The first-order valence-corrected chi connectivity index (χ1v) is 5.72. The van der Waals surface area contributed by atoms with E-state index in [9.17, 15) is 0 Å². The fraction of sp³-hybridized carbons (Fsp3) is 0.818. The van der Waals surface area contributed by atoms with Gasteiger partial charge in [-0.2, -0.15) is 0 Å². The van der Waals surface area contributed by atoms with Gasteiger partial charge in [0, 0.05) is 6.20 Å². The summed E-state index contributed by atoms with van der Waals surface area (Å²) >= 11 is 0. The molecule has 0 saturated heterocycles. The highest BCUT2D eigenvalue weighted by atomic mass is 15.4. The second kappa shape index (κ2) is 5.78. The molecule has 3 nitrogen and oxygen atoms in total. The lowest BCUT2D eigenvalue weighted by Gasteiger charge is -2.25. The monoisotopic (exact) mass is 195 g/mol. The molecule has 1 fully saturated rings. The summed E-state index contributed by atoms with van der Waals surface area (Å²) < 4.78 is 2.01. The first-order chi connectivity index (χ1) is 6.86. The molecule has 0 amide bonds. The molecule has 0 N–H and O–H groups in total. The van der Waals surface area contributed by atoms with Gasteiger partial charge >= 0.3 is 0 Å². The zero-order chi connectivity index (χ0) is 10.4. The molecular weight excluding hydrogens is 174 g/mol. The summed E-state index contributed by atoms with van der Waals surface area (Å²) in [5.41, 5.74) is 0. The van der Waals surface area contributed by atoms with Crippen LogP contribution in [-0.2, 0) is 0 Å². The van der Waals surface area contributed by atoms with Gasteiger partial charge < -0.3 is 0 Å². The smallest absolute Gasteiger partial charge is 0.0693 e. The van der Waals surface area contributed by atoms with Crippen molar-refractivity contribution in [1.82, 2.24) is 15.0 Å². The van der Waals surface area contributed by atoms with E-state index in [4.69, 9.17) is 0 Å². The molecule has 80 valence electrons. The highest BCUT2D eigenvalue weighted by Gasteiger charge is 2.19. The zero-order valence-electron chi connectivity index (χ0n) is 9.48. The van der Waals surface area contributed by atoms with Gasteiger partial charge in [-0.3, -0.25) is 0 Å². The summed E-state index contributed by atoms with van der Waals surface area (Å²) in [5.74, 6) is 0.907. The molecule has 1 aromatic heterocycles. The topological polar surface area (TPSA) is 30.7 Å². The van der Waals surface area contributed by atoms with E-state index in [1.807, 2.05) is 24.7 Å². The summed E-state index contributed by atoms with van der Waals surface area (Å²) in [6.45, 7) is 6.33. The third kappa shape index (κ3) is 2.82. The Morgan fingerprint density at radius 3 is 2.29 bits per heavy atom. The fourth-order valence-corrected chi connectivity index (χ4v) is 1.92. The summed E-state index contributed by atoms with van der Waals surface area (Å²) in [4.78, 5) is 0. The van der Waals surface area contributed by atoms with Crippen LogP contribution in [0.3, 0.4) is 0 Å². The minimum absolute atomic E-state index is 0.615. The van der Waals surface area contributed by atoms with Crippen LogP contribution in [0, 0.1) is 5.92 Å². The normalized spacial score (nSPS) is 26.5. The molecule has 0 radical (unpaired) electrons. The molecule has 0 spiro atoms. The van der Waals surface area contributed by atoms with E-state index in [1.165, 1.54) is 25.7 Å². The van der Waals surface area contributed by atoms with Gasteiger partial charge in [0.15, 0.2) is 0 Å². The highest BCUT2D eigenvalue weighted by Crippen LogP contribution is 2.30.